The number of nitrogens with one attached hydrogen (secondary N) is 1. The number of nitrogens with two attached hydrogens (primary N) is 1. The molecule has 0 aliphatic rings. The summed E-state index contributed by atoms with van der Waals surface area (Å²) in [6.45, 7) is 2.08. The molecule has 1 amide bonds. The molecule has 0 fully saturated rings. The van der Waals surface area contributed by atoms with Gasteiger partial charge in [0.15, 0.2) is 0 Å². The number of thioether (sulfide) groups is 1. The summed E-state index contributed by atoms with van der Waals surface area (Å²) < 4.78 is 0. The Morgan fingerprint density at radius 2 is 2.05 bits per heavy atom. The summed E-state index contributed by atoms with van der Waals surface area (Å²) in [7, 11) is 0. The number of benzene rings is 1. The first-order valence-electron chi connectivity index (χ1n) is 5.86. The van der Waals surface area contributed by atoms with E-state index in [1.54, 1.807) is 17.8 Å². The molecule has 1 aromatic carbocycles. The van der Waals surface area contributed by atoms with Crippen molar-refractivity contribution in [2.24, 2.45) is 5.84 Å². The predicted octanol–water partition coefficient (Wildman–Crippen LogP) is 2.29. The second kappa shape index (κ2) is 6.36. The minimum atomic E-state index is -0.372. The van der Waals surface area contributed by atoms with Crippen molar-refractivity contribution in [3.05, 3.63) is 59.4 Å². The molecule has 1 heterocycles. The van der Waals surface area contributed by atoms with Crippen molar-refractivity contribution in [3.8, 4) is 0 Å². The Balaban J connectivity index is 2.08. The van der Waals surface area contributed by atoms with Crippen LogP contribution in [0, 0.1) is 6.92 Å². The molecular formula is C14H15N3OS. The monoisotopic (exact) mass is 273 g/mol. The Morgan fingerprint density at radius 1 is 1.26 bits per heavy atom. The average molecular weight is 273 g/mol. The predicted molar refractivity (Wildman–Crippen MR) is 76.6 cm³/mol. The molecule has 3 N–H and O–H groups in total. The lowest BCUT2D eigenvalue weighted by Crippen LogP contribution is -2.30. The van der Waals surface area contributed by atoms with Crippen LogP contribution < -0.4 is 11.3 Å². The van der Waals surface area contributed by atoms with E-state index in [2.05, 4.69) is 29.5 Å². The molecule has 0 radical (unpaired) electrons. The summed E-state index contributed by atoms with van der Waals surface area (Å²) >= 11 is 1.70. The van der Waals surface area contributed by atoms with Crippen molar-refractivity contribution in [2.75, 3.05) is 0 Å². The average Bonchev–Trinajstić information content (AvgIpc) is 2.46. The highest BCUT2D eigenvalue weighted by Crippen LogP contribution is 2.24. The van der Waals surface area contributed by atoms with Crippen molar-refractivity contribution in [1.82, 2.24) is 10.4 Å². The summed E-state index contributed by atoms with van der Waals surface area (Å²) in [5.74, 6) is 5.44. The van der Waals surface area contributed by atoms with Crippen LogP contribution in [0.1, 0.15) is 21.7 Å². The minimum Gasteiger partial charge on any atom is -0.289 e. The maximum absolute atomic E-state index is 11.4. The lowest BCUT2D eigenvalue weighted by Gasteiger charge is -2.06. The number of carbonyl (C=O) groups is 1. The molecule has 4 nitrogen and oxygen atoms in total. The second-order valence-electron chi connectivity index (χ2n) is 4.04. The molecule has 0 atom stereocenters. The number of hydrazine groups is 1. The van der Waals surface area contributed by atoms with Crippen LogP contribution in [0.4, 0.5) is 0 Å². The van der Waals surface area contributed by atoms with Crippen LogP contribution in [0.3, 0.4) is 0 Å². The van der Waals surface area contributed by atoms with Crippen LogP contribution in [-0.4, -0.2) is 10.9 Å². The molecule has 5 heteroatoms. The van der Waals surface area contributed by atoms with Gasteiger partial charge < -0.3 is 0 Å². The zero-order valence-electron chi connectivity index (χ0n) is 10.6. The van der Waals surface area contributed by atoms with E-state index in [4.69, 9.17) is 5.84 Å². The maximum Gasteiger partial charge on any atom is 0.283 e. The highest BCUT2D eigenvalue weighted by Gasteiger charge is 2.06. The molecule has 19 heavy (non-hydrogen) atoms. The van der Waals surface area contributed by atoms with Crippen LogP contribution >= 0.6 is 11.8 Å². The Labute approximate surface area is 116 Å². The summed E-state index contributed by atoms with van der Waals surface area (Å²) in [6, 6.07) is 13.5. The minimum absolute atomic E-state index is 0.338. The highest BCUT2D eigenvalue weighted by atomic mass is 32.2. The number of nitrogens with zero attached hydrogens (tertiary/aromatic N) is 1. The first kappa shape index (κ1) is 13.6. The molecule has 0 saturated heterocycles. The third-order valence-corrected chi connectivity index (χ3v) is 3.85. The van der Waals surface area contributed by atoms with E-state index >= 15 is 0 Å². The number of carbonyl (C=O) groups excluding carboxylic acids is 1. The third kappa shape index (κ3) is 3.56. The fourth-order valence-corrected chi connectivity index (χ4v) is 2.57. The molecule has 0 spiro atoms. The van der Waals surface area contributed by atoms with Crippen LogP contribution in [0.5, 0.6) is 0 Å². The van der Waals surface area contributed by atoms with Crippen LogP contribution in [0.15, 0.2) is 47.4 Å². The van der Waals surface area contributed by atoms with E-state index in [1.165, 1.54) is 10.5 Å². The highest BCUT2D eigenvalue weighted by molar-refractivity contribution is 7.98. The molecule has 0 bridgehead atoms. The number of hydrogen-bond donors (Lipinski definition) is 2. The molecule has 1 aromatic heterocycles. The van der Waals surface area contributed by atoms with E-state index in [0.29, 0.717) is 5.69 Å². The first-order valence-corrected chi connectivity index (χ1v) is 6.84. The van der Waals surface area contributed by atoms with Gasteiger partial charge in [0.2, 0.25) is 0 Å². The van der Waals surface area contributed by atoms with E-state index in [0.717, 1.165) is 11.4 Å². The van der Waals surface area contributed by atoms with Crippen LogP contribution in [0.25, 0.3) is 0 Å². The van der Waals surface area contributed by atoms with Gasteiger partial charge in [0.25, 0.3) is 5.91 Å². The van der Waals surface area contributed by atoms with Crippen molar-refractivity contribution in [3.63, 3.8) is 0 Å². The molecule has 0 aliphatic heterocycles. The van der Waals surface area contributed by atoms with E-state index in [1.807, 2.05) is 24.3 Å². The number of aryl methyl sites for hydroxylation is 1. The van der Waals surface area contributed by atoms with Crippen molar-refractivity contribution < 1.29 is 4.79 Å². The summed E-state index contributed by atoms with van der Waals surface area (Å²) in [5, 5.41) is 0. The first-order chi connectivity index (χ1) is 9.20. The van der Waals surface area contributed by atoms with E-state index < -0.39 is 0 Å². The Morgan fingerprint density at radius 3 is 2.79 bits per heavy atom. The molecule has 0 aliphatic carbocycles. The summed E-state index contributed by atoms with van der Waals surface area (Å²) in [4.78, 5) is 16.9. The van der Waals surface area contributed by atoms with E-state index in [-0.39, 0.29) is 5.91 Å². The van der Waals surface area contributed by atoms with Gasteiger partial charge in [-0.05, 0) is 30.7 Å². The van der Waals surface area contributed by atoms with Gasteiger partial charge in [-0.15, -0.1) is 11.8 Å². The molecular weight excluding hydrogens is 258 g/mol. The van der Waals surface area contributed by atoms with Gasteiger partial charge in [-0.25, -0.2) is 10.8 Å². The van der Waals surface area contributed by atoms with Crippen molar-refractivity contribution >= 4 is 17.7 Å². The topological polar surface area (TPSA) is 68.0 Å². The zero-order chi connectivity index (χ0) is 13.7. The van der Waals surface area contributed by atoms with Gasteiger partial charge in [-0.1, -0.05) is 24.3 Å². The lowest BCUT2D eigenvalue weighted by molar-refractivity contribution is 0.0948. The van der Waals surface area contributed by atoms with Gasteiger partial charge in [0.1, 0.15) is 5.69 Å². The van der Waals surface area contributed by atoms with Gasteiger partial charge in [0, 0.05) is 10.6 Å². The smallest absolute Gasteiger partial charge is 0.283 e. The molecule has 2 rings (SSSR count). The number of aromatic nitrogens is 1. The molecule has 0 unspecified atom stereocenters. The molecule has 98 valence electrons. The second-order valence-corrected chi connectivity index (χ2v) is 5.06. The quantitative estimate of drug-likeness (QED) is 0.388. The van der Waals surface area contributed by atoms with Crippen LogP contribution in [-0.2, 0) is 5.75 Å². The fraction of sp³-hybridized carbons (Fsp3) is 0.143. The summed E-state index contributed by atoms with van der Waals surface area (Å²) in [6.07, 6.45) is 0. The number of pyridine rings is 1. The lowest BCUT2D eigenvalue weighted by atomic mass is 10.2. The van der Waals surface area contributed by atoms with Gasteiger partial charge in [-0.2, -0.15) is 0 Å². The standard InChI is InChI=1S/C14H15N3OS/c1-10-5-2-3-8-13(10)19-9-11-6-4-7-12(16-11)14(18)17-15/h2-8H,9,15H2,1H3,(H,17,18). The molecule has 2 aromatic rings. The van der Waals surface area contributed by atoms with Gasteiger partial charge >= 0.3 is 0 Å². The van der Waals surface area contributed by atoms with Gasteiger partial charge in [-0.3, -0.25) is 10.2 Å². The Hall–Kier alpha value is -1.85. The fourth-order valence-electron chi connectivity index (χ4n) is 1.63. The van der Waals surface area contributed by atoms with Crippen LogP contribution in [0.2, 0.25) is 0 Å². The normalized spacial score (nSPS) is 10.2. The summed E-state index contributed by atoms with van der Waals surface area (Å²) in [5.41, 5.74) is 4.52. The number of amides is 1. The van der Waals surface area contributed by atoms with Crippen molar-refractivity contribution in [1.29, 1.82) is 0 Å². The largest absolute Gasteiger partial charge is 0.289 e. The number of nitrogen functional groups attached to an aromatic ring is 1. The Bertz CT molecular complexity index is 586. The number of hydrogen-bond acceptors (Lipinski definition) is 4. The van der Waals surface area contributed by atoms with Gasteiger partial charge in [0.05, 0.1) is 5.69 Å². The number of rotatable bonds is 4. The third-order valence-electron chi connectivity index (χ3n) is 2.64. The Kier molecular flexibility index (Phi) is 4.54. The molecule has 0 saturated carbocycles. The SMILES string of the molecule is Cc1ccccc1SCc1cccc(C(=O)NN)n1. The zero-order valence-corrected chi connectivity index (χ0v) is 11.4. The van der Waals surface area contributed by atoms with Crippen molar-refractivity contribution in [2.45, 2.75) is 17.6 Å². The maximum atomic E-state index is 11.4. The van der Waals surface area contributed by atoms with E-state index in [9.17, 15) is 4.79 Å².